The van der Waals surface area contributed by atoms with Crippen LogP contribution in [0.1, 0.15) is 38.6 Å². The molecule has 1 aromatic heterocycles. The molecule has 26 heavy (non-hydrogen) atoms. The lowest BCUT2D eigenvalue weighted by atomic mass is 10.0. The maximum Gasteiger partial charge on any atom is 0.410 e. The van der Waals surface area contributed by atoms with Crippen molar-refractivity contribution in [3.8, 4) is 0 Å². The molecule has 2 aliphatic rings. The summed E-state index contributed by atoms with van der Waals surface area (Å²) in [6, 6.07) is 4.87. The molecule has 5 nitrogen and oxygen atoms in total. The molecule has 1 aliphatic carbocycles. The molecular weight excluding hydrogens is 355 g/mol. The molecule has 0 spiro atoms. The van der Waals surface area contributed by atoms with Crippen molar-refractivity contribution in [3.63, 3.8) is 0 Å². The zero-order chi connectivity index (χ0) is 18.7. The first-order valence-electron chi connectivity index (χ1n) is 8.90. The van der Waals surface area contributed by atoms with E-state index in [1.807, 2.05) is 26.8 Å². The summed E-state index contributed by atoms with van der Waals surface area (Å²) in [6.45, 7) is 6.73. The van der Waals surface area contributed by atoms with Crippen LogP contribution >= 0.6 is 11.3 Å². The van der Waals surface area contributed by atoms with Crippen molar-refractivity contribution in [3.05, 3.63) is 29.0 Å². The summed E-state index contributed by atoms with van der Waals surface area (Å²) in [5.74, 6) is 0.0663. The predicted molar refractivity (Wildman–Crippen MR) is 97.5 cm³/mol. The third kappa shape index (κ3) is 3.07. The Morgan fingerprint density at radius 1 is 1.35 bits per heavy atom. The Morgan fingerprint density at radius 3 is 2.58 bits per heavy atom. The van der Waals surface area contributed by atoms with E-state index in [2.05, 4.69) is 4.98 Å². The van der Waals surface area contributed by atoms with Gasteiger partial charge in [0.15, 0.2) is 0 Å². The maximum atomic E-state index is 13.9. The normalized spacial score (nSPS) is 28.6. The van der Waals surface area contributed by atoms with Crippen LogP contribution in [0.5, 0.6) is 0 Å². The third-order valence-electron chi connectivity index (χ3n) is 5.20. The number of ether oxygens (including phenoxy) is 1. The summed E-state index contributed by atoms with van der Waals surface area (Å²) in [7, 11) is 0. The van der Waals surface area contributed by atoms with Crippen molar-refractivity contribution in [2.45, 2.75) is 44.8 Å². The highest BCUT2D eigenvalue weighted by Gasteiger charge is 2.51. The lowest BCUT2D eigenvalue weighted by Crippen LogP contribution is -2.37. The summed E-state index contributed by atoms with van der Waals surface area (Å²) in [5.41, 5.74) is -1.22. The molecule has 1 saturated heterocycles. The molecule has 1 amide bonds. The summed E-state index contributed by atoms with van der Waals surface area (Å²) in [5, 5.41) is 11.7. The molecule has 1 aromatic carbocycles. The van der Waals surface area contributed by atoms with Gasteiger partial charge in [0.1, 0.15) is 27.5 Å². The quantitative estimate of drug-likeness (QED) is 0.817. The summed E-state index contributed by atoms with van der Waals surface area (Å²) >= 11 is 1.35. The fourth-order valence-corrected chi connectivity index (χ4v) is 5.20. The van der Waals surface area contributed by atoms with Crippen LogP contribution in [-0.4, -0.2) is 39.8 Å². The highest BCUT2D eigenvalue weighted by atomic mass is 32.1. The highest BCUT2D eigenvalue weighted by Crippen LogP contribution is 2.50. The van der Waals surface area contributed by atoms with Crippen molar-refractivity contribution in [2.24, 2.45) is 11.8 Å². The number of carbonyl (C=O) groups is 1. The van der Waals surface area contributed by atoms with Crippen molar-refractivity contribution >= 4 is 27.6 Å². The van der Waals surface area contributed by atoms with Crippen LogP contribution in [0.25, 0.3) is 10.2 Å². The number of hydrogen-bond donors (Lipinski definition) is 1. The minimum atomic E-state index is -1.04. The maximum absolute atomic E-state index is 13.9. The van der Waals surface area contributed by atoms with E-state index in [0.29, 0.717) is 36.5 Å². The van der Waals surface area contributed by atoms with Gasteiger partial charge in [0.25, 0.3) is 0 Å². The standard InChI is InChI=1S/C19H23FN2O3S/c1-18(2,3)25-17(23)22-9-11-7-19(24,8-12(11)10-22)16-21-15-13(20)5-4-6-14(15)26-16/h4-6,11-12,24H,7-10H2,1-3H3/t11-,12+,19?. The lowest BCUT2D eigenvalue weighted by Gasteiger charge is -2.26. The van der Waals surface area contributed by atoms with Gasteiger partial charge in [0, 0.05) is 13.1 Å². The number of benzene rings is 1. The first-order valence-corrected chi connectivity index (χ1v) is 9.72. The van der Waals surface area contributed by atoms with Crippen LogP contribution < -0.4 is 0 Å². The Morgan fingerprint density at radius 2 is 2.00 bits per heavy atom. The smallest absolute Gasteiger partial charge is 0.410 e. The van der Waals surface area contributed by atoms with Gasteiger partial charge in [-0.2, -0.15) is 0 Å². The predicted octanol–water partition coefficient (Wildman–Crippen LogP) is 3.90. The number of amides is 1. The number of nitrogens with zero attached hydrogens (tertiary/aromatic N) is 2. The van der Waals surface area contributed by atoms with Gasteiger partial charge in [-0.1, -0.05) is 6.07 Å². The number of rotatable bonds is 1. The second-order valence-electron chi connectivity index (χ2n) is 8.45. The fourth-order valence-electron chi connectivity index (χ4n) is 4.12. The average molecular weight is 378 g/mol. The van der Waals surface area contributed by atoms with Gasteiger partial charge in [-0.05, 0) is 57.6 Å². The van der Waals surface area contributed by atoms with E-state index in [4.69, 9.17) is 4.74 Å². The zero-order valence-electron chi connectivity index (χ0n) is 15.2. The first-order chi connectivity index (χ1) is 12.1. The van der Waals surface area contributed by atoms with Crippen LogP contribution in [0.15, 0.2) is 18.2 Å². The number of thiazole rings is 1. The van der Waals surface area contributed by atoms with E-state index >= 15 is 0 Å². The summed E-state index contributed by atoms with van der Waals surface area (Å²) in [4.78, 5) is 18.4. The molecule has 3 atom stereocenters. The van der Waals surface area contributed by atoms with Gasteiger partial charge in [-0.25, -0.2) is 14.2 Å². The molecule has 2 aromatic rings. The topological polar surface area (TPSA) is 62.7 Å². The van der Waals surface area contributed by atoms with E-state index < -0.39 is 11.2 Å². The van der Waals surface area contributed by atoms with Gasteiger partial charge < -0.3 is 14.7 Å². The average Bonchev–Trinajstić information content (AvgIpc) is 3.17. The van der Waals surface area contributed by atoms with E-state index in [9.17, 15) is 14.3 Å². The monoisotopic (exact) mass is 378 g/mol. The van der Waals surface area contributed by atoms with E-state index in [0.717, 1.165) is 4.70 Å². The minimum absolute atomic E-state index is 0.212. The number of likely N-dealkylation sites (tertiary alicyclic amines) is 1. The zero-order valence-corrected chi connectivity index (χ0v) is 16.0. The Kier molecular flexibility index (Phi) is 4.00. The fraction of sp³-hybridized carbons (Fsp3) is 0.579. The number of para-hydroxylation sites is 1. The van der Waals surface area contributed by atoms with Crippen LogP contribution in [0, 0.1) is 17.7 Å². The number of aromatic nitrogens is 1. The van der Waals surface area contributed by atoms with Crippen molar-refractivity contribution in [1.29, 1.82) is 0 Å². The van der Waals surface area contributed by atoms with E-state index in [-0.39, 0.29) is 23.7 Å². The lowest BCUT2D eigenvalue weighted by molar-refractivity contribution is 0.0155. The van der Waals surface area contributed by atoms with Gasteiger partial charge >= 0.3 is 6.09 Å². The SMILES string of the molecule is CC(C)(C)OC(=O)N1C[C@@H]2CC(O)(c3nc4c(F)cccc4s3)C[C@@H]2C1. The minimum Gasteiger partial charge on any atom is -0.444 e. The molecule has 1 saturated carbocycles. The molecule has 0 radical (unpaired) electrons. The van der Waals surface area contributed by atoms with Gasteiger partial charge in [0.05, 0.1) is 4.70 Å². The van der Waals surface area contributed by atoms with Crippen molar-refractivity contribution in [2.75, 3.05) is 13.1 Å². The molecule has 1 unspecified atom stereocenters. The number of hydrogen-bond acceptors (Lipinski definition) is 5. The molecule has 1 aliphatic heterocycles. The first kappa shape index (κ1) is 17.7. The Labute approximate surface area is 155 Å². The molecule has 4 rings (SSSR count). The number of fused-ring (bicyclic) bond motifs is 2. The van der Waals surface area contributed by atoms with E-state index in [1.165, 1.54) is 17.4 Å². The van der Waals surface area contributed by atoms with Crippen LogP contribution in [0.4, 0.5) is 9.18 Å². The van der Waals surface area contributed by atoms with Crippen molar-refractivity contribution in [1.82, 2.24) is 9.88 Å². The Bertz CT molecular complexity index is 846. The molecular formula is C19H23FN2O3S. The molecule has 2 heterocycles. The second-order valence-corrected chi connectivity index (χ2v) is 9.48. The third-order valence-corrected chi connectivity index (χ3v) is 6.41. The Balaban J connectivity index is 1.49. The van der Waals surface area contributed by atoms with Crippen LogP contribution in [0.2, 0.25) is 0 Å². The summed E-state index contributed by atoms with van der Waals surface area (Å²) < 4.78 is 20.1. The van der Waals surface area contributed by atoms with Gasteiger partial charge in [0.2, 0.25) is 0 Å². The molecule has 7 heteroatoms. The van der Waals surface area contributed by atoms with Gasteiger partial charge in [-0.3, -0.25) is 0 Å². The number of carbonyl (C=O) groups excluding carboxylic acids is 1. The van der Waals surface area contributed by atoms with Crippen LogP contribution in [-0.2, 0) is 10.3 Å². The second kappa shape index (κ2) is 5.89. The molecule has 2 fully saturated rings. The Hall–Kier alpha value is -1.73. The molecule has 140 valence electrons. The number of aliphatic hydroxyl groups is 1. The van der Waals surface area contributed by atoms with Crippen molar-refractivity contribution < 1.29 is 19.0 Å². The van der Waals surface area contributed by atoms with E-state index in [1.54, 1.807) is 11.0 Å². The highest BCUT2D eigenvalue weighted by molar-refractivity contribution is 7.18. The molecule has 0 bridgehead atoms. The number of halogens is 1. The molecule has 1 N–H and O–H groups in total. The largest absolute Gasteiger partial charge is 0.444 e. The van der Waals surface area contributed by atoms with Gasteiger partial charge in [-0.15, -0.1) is 11.3 Å². The summed E-state index contributed by atoms with van der Waals surface area (Å²) in [6.07, 6.45) is 0.786. The van der Waals surface area contributed by atoms with Crippen LogP contribution in [0.3, 0.4) is 0 Å².